The van der Waals surface area contributed by atoms with E-state index in [1.165, 1.54) is 18.4 Å². The molecule has 0 unspecified atom stereocenters. The third-order valence-electron chi connectivity index (χ3n) is 2.53. The molecule has 0 aromatic heterocycles. The molecule has 0 amide bonds. The first-order chi connectivity index (χ1) is 7.36. The third-order valence-corrected chi connectivity index (χ3v) is 2.53. The summed E-state index contributed by atoms with van der Waals surface area (Å²) in [5.74, 6) is 0. The van der Waals surface area contributed by atoms with E-state index in [0.29, 0.717) is 6.04 Å². The van der Waals surface area contributed by atoms with Crippen molar-refractivity contribution in [2.24, 2.45) is 0 Å². The zero-order valence-corrected chi connectivity index (χ0v) is 9.58. The lowest BCUT2D eigenvalue weighted by molar-refractivity contribution is 0.478. The summed E-state index contributed by atoms with van der Waals surface area (Å²) in [7, 11) is 0. The van der Waals surface area contributed by atoms with Gasteiger partial charge in [0.05, 0.1) is 0 Å². The van der Waals surface area contributed by atoms with E-state index in [0.717, 1.165) is 13.0 Å². The zero-order valence-electron chi connectivity index (χ0n) is 9.58. The molecule has 82 valence electrons. The van der Waals surface area contributed by atoms with Gasteiger partial charge in [0.1, 0.15) is 0 Å². The van der Waals surface area contributed by atoms with Crippen molar-refractivity contribution in [3.63, 3.8) is 0 Å². The highest BCUT2D eigenvalue weighted by Gasteiger charge is 2.04. The molecule has 1 atom stereocenters. The molecule has 0 aliphatic rings. The molecule has 0 heterocycles. The lowest BCUT2D eigenvalue weighted by Gasteiger charge is -2.16. The van der Waals surface area contributed by atoms with Crippen molar-refractivity contribution in [1.29, 1.82) is 0 Å². The van der Waals surface area contributed by atoms with E-state index in [9.17, 15) is 0 Å². The van der Waals surface area contributed by atoms with Crippen LogP contribution in [0.4, 0.5) is 0 Å². The maximum Gasteiger partial charge on any atom is 0.0208 e. The third kappa shape index (κ3) is 4.80. The molecule has 1 N–H and O–H groups in total. The summed E-state index contributed by atoms with van der Waals surface area (Å²) in [6, 6.07) is 11.1. The molecule has 0 aliphatic carbocycles. The van der Waals surface area contributed by atoms with Gasteiger partial charge in [-0.3, -0.25) is 0 Å². The quantitative estimate of drug-likeness (QED) is 0.669. The molecule has 0 spiro atoms. The minimum Gasteiger partial charge on any atom is -0.310 e. The Morgan fingerprint density at radius 2 is 2.07 bits per heavy atom. The van der Waals surface area contributed by atoms with Crippen LogP contribution in [0.5, 0.6) is 0 Å². The smallest absolute Gasteiger partial charge is 0.0208 e. The van der Waals surface area contributed by atoms with Gasteiger partial charge in [0, 0.05) is 12.6 Å². The molecule has 0 fully saturated rings. The maximum atomic E-state index is 3.80. The minimum atomic E-state index is 0.577. The normalized spacial score (nSPS) is 12.3. The van der Waals surface area contributed by atoms with Gasteiger partial charge in [-0.25, -0.2) is 0 Å². The van der Waals surface area contributed by atoms with Crippen LogP contribution in [0, 0.1) is 0 Å². The van der Waals surface area contributed by atoms with Gasteiger partial charge in [-0.05, 0) is 18.4 Å². The Hall–Kier alpha value is -1.08. The standard InChI is InChI=1S/C14H21N/c1-3-8-14(9-4-2)15-12-13-10-6-5-7-11-13/h3,5-7,10-11,14-15H,1,4,8-9,12H2,2H3/t14-/m0/s1. The highest BCUT2D eigenvalue weighted by molar-refractivity contribution is 5.14. The Kier molecular flexibility index (Phi) is 5.79. The lowest BCUT2D eigenvalue weighted by Crippen LogP contribution is -2.27. The second-order valence-electron chi connectivity index (χ2n) is 3.88. The average Bonchev–Trinajstić information content (AvgIpc) is 2.28. The molecule has 0 aliphatic heterocycles. The second-order valence-corrected chi connectivity index (χ2v) is 3.88. The topological polar surface area (TPSA) is 12.0 Å². The Labute approximate surface area is 93.2 Å². The Balaban J connectivity index is 2.36. The van der Waals surface area contributed by atoms with Crippen molar-refractivity contribution < 1.29 is 0 Å². The first-order valence-corrected chi connectivity index (χ1v) is 5.75. The fourth-order valence-electron chi connectivity index (χ4n) is 1.71. The van der Waals surface area contributed by atoms with Gasteiger partial charge in [0.25, 0.3) is 0 Å². The van der Waals surface area contributed by atoms with E-state index in [1.807, 2.05) is 6.08 Å². The Morgan fingerprint density at radius 3 is 2.67 bits per heavy atom. The molecule has 0 radical (unpaired) electrons. The van der Waals surface area contributed by atoms with Gasteiger partial charge in [0.15, 0.2) is 0 Å². The van der Waals surface area contributed by atoms with E-state index < -0.39 is 0 Å². The molecule has 15 heavy (non-hydrogen) atoms. The Morgan fingerprint density at radius 1 is 1.33 bits per heavy atom. The van der Waals surface area contributed by atoms with E-state index >= 15 is 0 Å². The molecule has 1 nitrogen and oxygen atoms in total. The number of rotatable bonds is 7. The van der Waals surface area contributed by atoms with Crippen LogP contribution in [0.3, 0.4) is 0 Å². The Bertz CT molecular complexity index is 266. The van der Waals surface area contributed by atoms with Crippen molar-refractivity contribution in [3.8, 4) is 0 Å². The van der Waals surface area contributed by atoms with Crippen molar-refractivity contribution in [3.05, 3.63) is 48.6 Å². The number of hydrogen-bond donors (Lipinski definition) is 1. The van der Waals surface area contributed by atoms with E-state index in [1.54, 1.807) is 0 Å². The van der Waals surface area contributed by atoms with Gasteiger partial charge in [-0.2, -0.15) is 0 Å². The number of hydrogen-bond acceptors (Lipinski definition) is 1. The molecular formula is C14H21N. The van der Waals surface area contributed by atoms with Crippen LogP contribution in [0.15, 0.2) is 43.0 Å². The zero-order chi connectivity index (χ0) is 10.9. The SMILES string of the molecule is C=CC[C@@H](CCC)NCc1ccccc1. The summed E-state index contributed by atoms with van der Waals surface area (Å²) < 4.78 is 0. The predicted octanol–water partition coefficient (Wildman–Crippen LogP) is 3.52. The van der Waals surface area contributed by atoms with Gasteiger partial charge in [-0.15, -0.1) is 6.58 Å². The van der Waals surface area contributed by atoms with E-state index in [4.69, 9.17) is 0 Å². The number of nitrogens with one attached hydrogen (secondary N) is 1. The maximum absolute atomic E-state index is 3.80. The summed E-state index contributed by atoms with van der Waals surface area (Å²) in [5.41, 5.74) is 1.35. The summed E-state index contributed by atoms with van der Waals surface area (Å²) in [6.45, 7) is 6.98. The summed E-state index contributed by atoms with van der Waals surface area (Å²) >= 11 is 0. The summed E-state index contributed by atoms with van der Waals surface area (Å²) in [6.07, 6.45) is 5.50. The molecule has 0 saturated carbocycles. The molecule has 1 aromatic carbocycles. The molecule has 1 heteroatoms. The van der Waals surface area contributed by atoms with Crippen molar-refractivity contribution >= 4 is 0 Å². The van der Waals surface area contributed by atoms with Crippen LogP contribution in [0.2, 0.25) is 0 Å². The first-order valence-electron chi connectivity index (χ1n) is 5.75. The van der Waals surface area contributed by atoms with Gasteiger partial charge < -0.3 is 5.32 Å². The van der Waals surface area contributed by atoms with Gasteiger partial charge >= 0.3 is 0 Å². The minimum absolute atomic E-state index is 0.577. The highest BCUT2D eigenvalue weighted by atomic mass is 14.9. The van der Waals surface area contributed by atoms with Crippen molar-refractivity contribution in [2.75, 3.05) is 0 Å². The van der Waals surface area contributed by atoms with Crippen LogP contribution in [0.25, 0.3) is 0 Å². The van der Waals surface area contributed by atoms with Gasteiger partial charge in [-0.1, -0.05) is 49.8 Å². The van der Waals surface area contributed by atoms with E-state index in [2.05, 4.69) is 49.2 Å². The molecule has 0 saturated heterocycles. The summed E-state index contributed by atoms with van der Waals surface area (Å²) in [5, 5.41) is 3.57. The van der Waals surface area contributed by atoms with Crippen LogP contribution in [-0.4, -0.2) is 6.04 Å². The van der Waals surface area contributed by atoms with Gasteiger partial charge in [0.2, 0.25) is 0 Å². The molecule has 1 rings (SSSR count). The molecule has 1 aromatic rings. The van der Waals surface area contributed by atoms with Crippen LogP contribution in [0.1, 0.15) is 31.7 Å². The first kappa shape index (κ1) is 12.0. The van der Waals surface area contributed by atoms with Crippen molar-refractivity contribution in [2.45, 2.75) is 38.8 Å². The number of benzene rings is 1. The largest absolute Gasteiger partial charge is 0.310 e. The predicted molar refractivity (Wildman–Crippen MR) is 66.8 cm³/mol. The molecule has 0 bridgehead atoms. The fraction of sp³-hybridized carbons (Fsp3) is 0.429. The fourth-order valence-corrected chi connectivity index (χ4v) is 1.71. The molecular weight excluding hydrogens is 182 g/mol. The lowest BCUT2D eigenvalue weighted by atomic mass is 10.1. The van der Waals surface area contributed by atoms with Crippen LogP contribution in [-0.2, 0) is 6.54 Å². The van der Waals surface area contributed by atoms with E-state index in [-0.39, 0.29) is 0 Å². The van der Waals surface area contributed by atoms with Crippen LogP contribution >= 0.6 is 0 Å². The monoisotopic (exact) mass is 203 g/mol. The second kappa shape index (κ2) is 7.24. The average molecular weight is 203 g/mol. The van der Waals surface area contributed by atoms with Crippen molar-refractivity contribution in [1.82, 2.24) is 5.32 Å². The summed E-state index contributed by atoms with van der Waals surface area (Å²) in [4.78, 5) is 0. The van der Waals surface area contributed by atoms with Crippen LogP contribution < -0.4 is 5.32 Å². The highest BCUT2D eigenvalue weighted by Crippen LogP contribution is 2.05.